The SMILES string of the molecule is CCOC(=O)Cc1c(C)c(Cc2ccccc2S(=O)(=O)c2ccc(Cl)cc2Cl)n2cc(C#N)ccc12. The predicted molar refractivity (Wildman–Crippen MR) is 138 cm³/mol. The minimum absolute atomic E-state index is 0.0347. The van der Waals surface area contributed by atoms with E-state index in [-0.39, 0.29) is 40.2 Å². The van der Waals surface area contributed by atoms with E-state index in [2.05, 4.69) is 6.07 Å². The van der Waals surface area contributed by atoms with E-state index in [9.17, 15) is 18.5 Å². The van der Waals surface area contributed by atoms with Crippen molar-refractivity contribution in [3.05, 3.63) is 98.8 Å². The zero-order valence-electron chi connectivity index (χ0n) is 19.6. The van der Waals surface area contributed by atoms with Crippen LogP contribution in [0.5, 0.6) is 0 Å². The van der Waals surface area contributed by atoms with E-state index < -0.39 is 9.84 Å². The molecule has 0 saturated heterocycles. The fourth-order valence-electron chi connectivity index (χ4n) is 4.28. The standard InChI is InChI=1S/C27H22Cl2N2O4S/c1-3-35-27(32)14-21-17(2)24(31-16-18(15-30)8-10-23(21)31)12-19-6-4-5-7-25(19)36(33,34)26-11-9-20(28)13-22(26)29/h4-11,13,16H,3,12,14H2,1-2H3. The number of halogens is 2. The van der Waals surface area contributed by atoms with Crippen LogP contribution in [-0.4, -0.2) is 25.4 Å². The molecule has 4 rings (SSSR count). The molecule has 2 aromatic carbocycles. The lowest BCUT2D eigenvalue weighted by Crippen LogP contribution is -2.08. The van der Waals surface area contributed by atoms with E-state index in [0.29, 0.717) is 16.1 Å². The van der Waals surface area contributed by atoms with Gasteiger partial charge in [0.25, 0.3) is 0 Å². The molecule has 0 bridgehead atoms. The lowest BCUT2D eigenvalue weighted by atomic mass is 10.0. The summed E-state index contributed by atoms with van der Waals surface area (Å²) in [5, 5.41) is 9.83. The Morgan fingerprint density at radius 1 is 1.08 bits per heavy atom. The maximum absolute atomic E-state index is 13.6. The van der Waals surface area contributed by atoms with Crippen molar-refractivity contribution in [3.8, 4) is 6.07 Å². The number of rotatable bonds is 7. The molecule has 2 heterocycles. The van der Waals surface area contributed by atoms with Gasteiger partial charge >= 0.3 is 5.97 Å². The van der Waals surface area contributed by atoms with Crippen molar-refractivity contribution in [1.82, 2.24) is 4.40 Å². The van der Waals surface area contributed by atoms with Gasteiger partial charge in [-0.05, 0) is 66.9 Å². The zero-order chi connectivity index (χ0) is 26.0. The largest absolute Gasteiger partial charge is 0.466 e. The van der Waals surface area contributed by atoms with Crippen molar-refractivity contribution in [2.45, 2.75) is 36.5 Å². The van der Waals surface area contributed by atoms with Gasteiger partial charge in [-0.3, -0.25) is 4.79 Å². The molecule has 0 atom stereocenters. The molecule has 36 heavy (non-hydrogen) atoms. The summed E-state index contributed by atoms with van der Waals surface area (Å²) in [6.45, 7) is 3.90. The van der Waals surface area contributed by atoms with Crippen LogP contribution in [-0.2, 0) is 32.2 Å². The Hall–Kier alpha value is -3.31. The lowest BCUT2D eigenvalue weighted by molar-refractivity contribution is -0.142. The number of ether oxygens (including phenoxy) is 1. The van der Waals surface area contributed by atoms with E-state index in [1.54, 1.807) is 49.5 Å². The van der Waals surface area contributed by atoms with Crippen LogP contribution < -0.4 is 0 Å². The number of hydrogen-bond acceptors (Lipinski definition) is 5. The highest BCUT2D eigenvalue weighted by molar-refractivity contribution is 7.91. The van der Waals surface area contributed by atoms with Gasteiger partial charge in [-0.2, -0.15) is 5.26 Å². The number of nitrogens with zero attached hydrogens (tertiary/aromatic N) is 2. The van der Waals surface area contributed by atoms with E-state index in [1.165, 1.54) is 18.2 Å². The van der Waals surface area contributed by atoms with Crippen molar-refractivity contribution in [2.75, 3.05) is 6.61 Å². The molecule has 0 aliphatic carbocycles. The van der Waals surface area contributed by atoms with Gasteiger partial charge < -0.3 is 9.14 Å². The van der Waals surface area contributed by atoms with Gasteiger partial charge in [0.15, 0.2) is 0 Å². The summed E-state index contributed by atoms with van der Waals surface area (Å²) in [6, 6.07) is 16.6. The summed E-state index contributed by atoms with van der Waals surface area (Å²) in [6.07, 6.45) is 2.00. The van der Waals surface area contributed by atoms with Gasteiger partial charge in [-0.1, -0.05) is 41.4 Å². The minimum atomic E-state index is -3.96. The number of hydrogen-bond donors (Lipinski definition) is 0. The first-order valence-electron chi connectivity index (χ1n) is 11.1. The molecule has 0 fully saturated rings. The van der Waals surface area contributed by atoms with E-state index in [4.69, 9.17) is 27.9 Å². The highest BCUT2D eigenvalue weighted by atomic mass is 35.5. The topological polar surface area (TPSA) is 88.6 Å². The van der Waals surface area contributed by atoms with Gasteiger partial charge in [0.05, 0.1) is 33.4 Å². The van der Waals surface area contributed by atoms with Crippen LogP contribution in [0.2, 0.25) is 10.0 Å². The number of carbonyl (C=O) groups excluding carboxylic acids is 1. The first kappa shape index (κ1) is 25.8. The molecule has 0 saturated carbocycles. The average Bonchev–Trinajstić information content (AvgIpc) is 3.09. The van der Waals surface area contributed by atoms with Crippen molar-refractivity contribution < 1.29 is 17.9 Å². The number of aromatic nitrogens is 1. The molecule has 6 nitrogen and oxygen atoms in total. The predicted octanol–water partition coefficient (Wildman–Crippen LogP) is 5.96. The number of sulfone groups is 1. The maximum atomic E-state index is 13.6. The van der Waals surface area contributed by atoms with Gasteiger partial charge in [0.1, 0.15) is 6.07 Å². The Morgan fingerprint density at radius 2 is 1.83 bits per heavy atom. The van der Waals surface area contributed by atoms with Gasteiger partial charge in [0, 0.05) is 28.9 Å². The van der Waals surface area contributed by atoms with Gasteiger partial charge in [0.2, 0.25) is 9.84 Å². The Kier molecular flexibility index (Phi) is 7.41. The molecule has 0 N–H and O–H groups in total. The highest BCUT2D eigenvalue weighted by Gasteiger charge is 2.26. The van der Waals surface area contributed by atoms with Crippen molar-refractivity contribution >= 4 is 44.5 Å². The van der Waals surface area contributed by atoms with Crippen LogP contribution in [0.3, 0.4) is 0 Å². The molecule has 0 radical (unpaired) electrons. The molecule has 184 valence electrons. The quantitative estimate of drug-likeness (QED) is 0.270. The Labute approximate surface area is 219 Å². The van der Waals surface area contributed by atoms with Gasteiger partial charge in [-0.25, -0.2) is 8.42 Å². The number of nitriles is 1. The summed E-state index contributed by atoms with van der Waals surface area (Å²) in [5.41, 5.74) is 4.12. The van der Waals surface area contributed by atoms with Crippen LogP contribution in [0.4, 0.5) is 0 Å². The fraction of sp³-hybridized carbons (Fsp3) is 0.185. The Balaban J connectivity index is 1.87. The Bertz CT molecular complexity index is 1640. The smallest absolute Gasteiger partial charge is 0.310 e. The third-order valence-electron chi connectivity index (χ3n) is 5.99. The summed E-state index contributed by atoms with van der Waals surface area (Å²) < 4.78 is 34.2. The number of esters is 1. The second kappa shape index (κ2) is 10.4. The van der Waals surface area contributed by atoms with Gasteiger partial charge in [-0.15, -0.1) is 0 Å². The normalized spacial score (nSPS) is 11.4. The number of carbonyl (C=O) groups is 1. The van der Waals surface area contributed by atoms with E-state index in [1.807, 2.05) is 11.3 Å². The average molecular weight is 541 g/mol. The number of fused-ring (bicyclic) bond motifs is 1. The third kappa shape index (κ3) is 4.85. The first-order chi connectivity index (χ1) is 17.2. The molecule has 9 heteroatoms. The summed E-state index contributed by atoms with van der Waals surface area (Å²) >= 11 is 12.2. The molecular formula is C27H22Cl2N2O4S. The molecule has 0 aliphatic rings. The summed E-state index contributed by atoms with van der Waals surface area (Å²) in [5.74, 6) is -0.357. The monoisotopic (exact) mass is 540 g/mol. The highest BCUT2D eigenvalue weighted by Crippen LogP contribution is 2.33. The molecule has 0 aliphatic heterocycles. The molecule has 4 aromatic rings. The second-order valence-corrected chi connectivity index (χ2v) is 10.9. The van der Waals surface area contributed by atoms with Crippen LogP contribution >= 0.6 is 23.2 Å². The zero-order valence-corrected chi connectivity index (χ0v) is 21.9. The van der Waals surface area contributed by atoms with Crippen molar-refractivity contribution in [3.63, 3.8) is 0 Å². The van der Waals surface area contributed by atoms with Crippen LogP contribution in [0.25, 0.3) is 5.52 Å². The summed E-state index contributed by atoms with van der Waals surface area (Å²) in [7, 11) is -3.96. The molecule has 0 amide bonds. The van der Waals surface area contributed by atoms with Crippen molar-refractivity contribution in [2.24, 2.45) is 0 Å². The molecule has 2 aromatic heterocycles. The maximum Gasteiger partial charge on any atom is 0.310 e. The lowest BCUT2D eigenvalue weighted by Gasteiger charge is -2.13. The van der Waals surface area contributed by atoms with E-state index in [0.717, 1.165) is 22.3 Å². The first-order valence-corrected chi connectivity index (χ1v) is 13.4. The minimum Gasteiger partial charge on any atom is -0.466 e. The molecule has 0 unspecified atom stereocenters. The second-order valence-electron chi connectivity index (χ2n) is 8.18. The fourth-order valence-corrected chi connectivity index (χ4v) is 6.54. The summed E-state index contributed by atoms with van der Waals surface area (Å²) in [4.78, 5) is 12.4. The van der Waals surface area contributed by atoms with E-state index >= 15 is 0 Å². The third-order valence-corrected chi connectivity index (χ3v) is 8.57. The van der Waals surface area contributed by atoms with Crippen LogP contribution in [0.15, 0.2) is 70.6 Å². The number of benzene rings is 2. The van der Waals surface area contributed by atoms with Crippen molar-refractivity contribution in [1.29, 1.82) is 5.26 Å². The Morgan fingerprint density at radius 3 is 2.53 bits per heavy atom. The van der Waals surface area contributed by atoms with Crippen LogP contribution in [0.1, 0.15) is 34.9 Å². The number of pyridine rings is 1. The molecular weight excluding hydrogens is 519 g/mol. The van der Waals surface area contributed by atoms with Crippen LogP contribution in [0, 0.1) is 18.3 Å². The molecule has 0 spiro atoms.